The number of hydrogen-bond donors (Lipinski definition) is 0. The molecule has 0 radical (unpaired) electrons. The molecule has 0 spiro atoms. The third kappa shape index (κ3) is 6.48. The van der Waals surface area contributed by atoms with Gasteiger partial charge < -0.3 is 14.5 Å². The molecule has 0 atom stereocenters. The first-order valence-corrected chi connectivity index (χ1v) is 16.2. The zero-order valence-corrected chi connectivity index (χ0v) is 26.7. The third-order valence-corrected chi connectivity index (χ3v) is 8.51. The van der Waals surface area contributed by atoms with Crippen molar-refractivity contribution in [3.8, 4) is 0 Å². The molecular formula is C36H50N4O2. The van der Waals surface area contributed by atoms with Crippen molar-refractivity contribution in [2.45, 2.75) is 98.5 Å². The molecule has 0 saturated heterocycles. The zero-order chi connectivity index (χ0) is 30.1. The van der Waals surface area contributed by atoms with Crippen molar-refractivity contribution in [3.05, 3.63) is 82.4 Å². The summed E-state index contributed by atoms with van der Waals surface area (Å²) in [5.41, 5.74) is 6.18. The summed E-state index contributed by atoms with van der Waals surface area (Å²) in [4.78, 5) is 27.5. The lowest BCUT2D eigenvalue weighted by molar-refractivity contribution is 0.0237. The fourth-order valence-corrected chi connectivity index (χ4v) is 6.11. The quantitative estimate of drug-likeness (QED) is 0.161. The number of aryl methyl sites for hydroxylation is 2. The number of carbonyl (C=O) groups excluding carboxylic acids is 1. The Morgan fingerprint density at radius 2 is 1.10 bits per heavy atom. The van der Waals surface area contributed by atoms with Gasteiger partial charge in [-0.2, -0.15) is 0 Å². The molecule has 0 aliphatic carbocycles. The molecule has 4 rings (SSSR count). The van der Waals surface area contributed by atoms with Crippen LogP contribution in [0.1, 0.15) is 117 Å². The minimum Gasteiger partial charge on any atom is -0.438 e. The lowest BCUT2D eigenvalue weighted by Gasteiger charge is -2.34. The fourth-order valence-electron chi connectivity index (χ4n) is 6.11. The first-order valence-electron chi connectivity index (χ1n) is 16.2. The van der Waals surface area contributed by atoms with E-state index in [-0.39, 0.29) is 0 Å². The number of carbonyl (C=O) groups is 1. The van der Waals surface area contributed by atoms with Crippen LogP contribution in [0.5, 0.6) is 0 Å². The third-order valence-electron chi connectivity index (χ3n) is 8.51. The molecule has 0 N–H and O–H groups in total. The molecule has 2 heterocycles. The fraction of sp³-hybridized carbons (Fsp3) is 0.528. The largest absolute Gasteiger partial charge is 0.438 e. The number of rotatable bonds is 16. The van der Waals surface area contributed by atoms with Crippen molar-refractivity contribution in [2.24, 2.45) is 0 Å². The van der Waals surface area contributed by atoms with Crippen LogP contribution >= 0.6 is 0 Å². The van der Waals surface area contributed by atoms with Gasteiger partial charge in [0.25, 0.3) is 0 Å². The van der Waals surface area contributed by atoms with Crippen molar-refractivity contribution in [3.63, 3.8) is 0 Å². The Hall–Kier alpha value is -3.41. The number of benzene rings is 2. The molecule has 0 unspecified atom stereocenters. The van der Waals surface area contributed by atoms with E-state index in [1.165, 1.54) is 11.4 Å². The van der Waals surface area contributed by atoms with E-state index < -0.39 is 11.6 Å². The van der Waals surface area contributed by atoms with E-state index in [0.29, 0.717) is 11.4 Å². The van der Waals surface area contributed by atoms with Gasteiger partial charge in [-0.1, -0.05) is 65.5 Å². The summed E-state index contributed by atoms with van der Waals surface area (Å²) in [6.07, 6.45) is 12.5. The van der Waals surface area contributed by atoms with Gasteiger partial charge in [0.05, 0.1) is 0 Å². The lowest BCUT2D eigenvalue weighted by atomic mass is 9.79. The molecular weight excluding hydrogens is 520 g/mol. The summed E-state index contributed by atoms with van der Waals surface area (Å²) < 4.78 is 6.42. The molecule has 2 aromatic carbocycles. The van der Waals surface area contributed by atoms with Gasteiger partial charge in [-0.3, -0.25) is 4.98 Å². The highest BCUT2D eigenvalue weighted by Crippen LogP contribution is 2.48. The first kappa shape index (κ1) is 31.5. The van der Waals surface area contributed by atoms with Gasteiger partial charge in [-0.25, -0.2) is 9.78 Å². The van der Waals surface area contributed by atoms with Crippen LogP contribution in [0.15, 0.2) is 48.8 Å². The number of esters is 1. The van der Waals surface area contributed by atoms with Gasteiger partial charge in [0.2, 0.25) is 5.60 Å². The van der Waals surface area contributed by atoms with Crippen LogP contribution in [-0.2, 0) is 10.3 Å². The minimum atomic E-state index is -1.15. The maximum atomic E-state index is 13.3. The maximum Gasteiger partial charge on any atom is 0.360 e. The summed E-state index contributed by atoms with van der Waals surface area (Å²) >= 11 is 0. The van der Waals surface area contributed by atoms with Crippen LogP contribution in [0.3, 0.4) is 0 Å². The van der Waals surface area contributed by atoms with Crippen molar-refractivity contribution in [1.82, 2.24) is 9.97 Å². The predicted molar refractivity (Wildman–Crippen MR) is 174 cm³/mol. The Morgan fingerprint density at radius 3 is 1.50 bits per heavy atom. The number of ether oxygens (including phenoxy) is 1. The molecule has 0 bridgehead atoms. The van der Waals surface area contributed by atoms with Crippen molar-refractivity contribution in [2.75, 3.05) is 36.0 Å². The number of nitrogens with zero attached hydrogens (tertiary/aromatic N) is 4. The van der Waals surface area contributed by atoms with Gasteiger partial charge >= 0.3 is 5.97 Å². The van der Waals surface area contributed by atoms with Crippen LogP contribution < -0.4 is 9.80 Å². The molecule has 0 amide bonds. The second kappa shape index (κ2) is 14.7. The Labute approximate surface area is 253 Å². The van der Waals surface area contributed by atoms with E-state index in [0.717, 1.165) is 99.8 Å². The van der Waals surface area contributed by atoms with E-state index in [4.69, 9.17) is 9.72 Å². The monoisotopic (exact) mass is 570 g/mol. The predicted octanol–water partition coefficient (Wildman–Crippen LogP) is 8.37. The number of fused-ring (bicyclic) bond motifs is 1. The summed E-state index contributed by atoms with van der Waals surface area (Å²) in [5.74, 6) is -0.426. The molecule has 3 aromatic rings. The standard InChI is InChI=1S/C36H50N4O2/c1-7-11-21-39(22-12-8-2)29-15-17-31(27(5)25-29)36(34-33(35(41)42-36)37-19-20-38-34)32-18-16-30(26-28(32)6)40(23-13-9-3)24-14-10-4/h15-20,25-26H,7-14,21-24H2,1-6H3. The summed E-state index contributed by atoms with van der Waals surface area (Å²) in [6, 6.07) is 13.2. The number of cyclic esters (lactones) is 1. The van der Waals surface area contributed by atoms with Crippen molar-refractivity contribution >= 4 is 17.3 Å². The smallest absolute Gasteiger partial charge is 0.360 e. The van der Waals surface area contributed by atoms with Crippen LogP contribution in [0, 0.1) is 13.8 Å². The average Bonchev–Trinajstić information content (AvgIpc) is 3.29. The Bertz CT molecular complexity index is 1250. The Balaban J connectivity index is 1.83. The average molecular weight is 571 g/mol. The van der Waals surface area contributed by atoms with E-state index >= 15 is 0 Å². The maximum absolute atomic E-state index is 13.3. The van der Waals surface area contributed by atoms with Gasteiger partial charge in [-0.15, -0.1) is 0 Å². The molecule has 1 aromatic heterocycles. The van der Waals surface area contributed by atoms with Crippen molar-refractivity contribution < 1.29 is 9.53 Å². The zero-order valence-electron chi connectivity index (χ0n) is 26.7. The van der Waals surface area contributed by atoms with Crippen molar-refractivity contribution in [1.29, 1.82) is 0 Å². The van der Waals surface area contributed by atoms with Gasteiger partial charge in [-0.05, 0) is 74.9 Å². The molecule has 6 nitrogen and oxygen atoms in total. The van der Waals surface area contributed by atoms with E-state index in [1.54, 1.807) is 12.4 Å². The highest BCUT2D eigenvalue weighted by atomic mass is 16.6. The summed E-state index contributed by atoms with van der Waals surface area (Å²) in [5, 5.41) is 0. The molecule has 0 saturated carbocycles. The normalized spacial score (nSPS) is 13.6. The van der Waals surface area contributed by atoms with Gasteiger partial charge in [0.15, 0.2) is 5.69 Å². The number of unbranched alkanes of at least 4 members (excludes halogenated alkanes) is 4. The molecule has 42 heavy (non-hydrogen) atoms. The number of aromatic nitrogens is 2. The molecule has 1 aliphatic heterocycles. The van der Waals surface area contributed by atoms with Crippen LogP contribution in [0.4, 0.5) is 11.4 Å². The lowest BCUT2D eigenvalue weighted by Crippen LogP contribution is -2.33. The number of hydrogen-bond acceptors (Lipinski definition) is 6. The summed E-state index contributed by atoms with van der Waals surface area (Å²) in [7, 11) is 0. The summed E-state index contributed by atoms with van der Waals surface area (Å²) in [6.45, 7) is 17.4. The molecule has 0 fully saturated rings. The minimum absolute atomic E-state index is 0.296. The van der Waals surface area contributed by atoms with E-state index in [9.17, 15) is 4.79 Å². The van der Waals surface area contributed by atoms with E-state index in [1.807, 2.05) is 0 Å². The Morgan fingerprint density at radius 1 is 0.667 bits per heavy atom. The topological polar surface area (TPSA) is 58.6 Å². The van der Waals surface area contributed by atoms with Gasteiger partial charge in [0.1, 0.15) is 5.69 Å². The Kier molecular flexibility index (Phi) is 11.0. The SMILES string of the molecule is CCCCN(CCCC)c1ccc(C2(c3ccc(N(CCCC)CCCC)cc3C)OC(=O)c3nccnc32)c(C)c1. The highest BCUT2D eigenvalue weighted by molar-refractivity contribution is 5.93. The van der Waals surface area contributed by atoms with Gasteiger partial charge in [0, 0.05) is 61.1 Å². The first-order chi connectivity index (χ1) is 20.4. The molecule has 6 heteroatoms. The molecule has 226 valence electrons. The van der Waals surface area contributed by atoms with Crippen LogP contribution in [0.25, 0.3) is 0 Å². The molecule has 1 aliphatic rings. The van der Waals surface area contributed by atoms with Crippen LogP contribution in [-0.4, -0.2) is 42.1 Å². The van der Waals surface area contributed by atoms with Crippen LogP contribution in [0.2, 0.25) is 0 Å². The second-order valence-corrected chi connectivity index (χ2v) is 11.7. The highest BCUT2D eigenvalue weighted by Gasteiger charge is 2.52. The second-order valence-electron chi connectivity index (χ2n) is 11.7. The van der Waals surface area contributed by atoms with E-state index in [2.05, 4.69) is 92.7 Å². The number of anilines is 2.